The summed E-state index contributed by atoms with van der Waals surface area (Å²) in [5.41, 5.74) is 1.27. The van der Waals surface area contributed by atoms with Crippen molar-refractivity contribution in [3.8, 4) is 0 Å². The van der Waals surface area contributed by atoms with E-state index in [0.29, 0.717) is 10.6 Å². The van der Waals surface area contributed by atoms with E-state index in [9.17, 15) is 19.2 Å². The summed E-state index contributed by atoms with van der Waals surface area (Å²) >= 11 is 1.19. The number of anilines is 1. The van der Waals surface area contributed by atoms with Crippen LogP contribution in [0.2, 0.25) is 0 Å². The number of esters is 1. The van der Waals surface area contributed by atoms with Gasteiger partial charge in [0.05, 0.1) is 16.7 Å². The Labute approximate surface area is 169 Å². The number of aryl methyl sites for hydroxylation is 1. The molecule has 0 radical (unpaired) electrons. The lowest BCUT2D eigenvalue weighted by Gasteiger charge is -2.10. The van der Waals surface area contributed by atoms with E-state index in [0.717, 1.165) is 5.56 Å². The van der Waals surface area contributed by atoms with Gasteiger partial charge in [0, 0.05) is 5.69 Å². The van der Waals surface area contributed by atoms with Crippen molar-refractivity contribution in [2.75, 3.05) is 11.9 Å². The van der Waals surface area contributed by atoms with Crippen molar-refractivity contribution in [2.45, 2.75) is 6.92 Å². The summed E-state index contributed by atoms with van der Waals surface area (Å²) in [6.45, 7) is 1.15. The number of rotatable bonds is 6. The minimum Gasteiger partial charge on any atom is -0.459 e. The highest BCUT2D eigenvalue weighted by Crippen LogP contribution is 2.19. The molecule has 3 rings (SSSR count). The van der Waals surface area contributed by atoms with Crippen LogP contribution in [0.25, 0.3) is 0 Å². The molecule has 3 amide bonds. The summed E-state index contributed by atoms with van der Waals surface area (Å²) in [5, 5.41) is 6.50. The van der Waals surface area contributed by atoms with Gasteiger partial charge in [-0.3, -0.25) is 19.7 Å². The van der Waals surface area contributed by atoms with Crippen LogP contribution in [-0.4, -0.2) is 30.3 Å². The third-order valence-electron chi connectivity index (χ3n) is 3.80. The molecule has 9 heteroatoms. The van der Waals surface area contributed by atoms with Gasteiger partial charge >= 0.3 is 5.97 Å². The van der Waals surface area contributed by atoms with Gasteiger partial charge in [-0.05, 0) is 48.2 Å². The molecule has 0 atom stereocenters. The molecule has 0 bridgehead atoms. The molecule has 0 unspecified atom stereocenters. The number of benzene rings is 1. The quantitative estimate of drug-likeness (QED) is 0.602. The van der Waals surface area contributed by atoms with E-state index in [4.69, 9.17) is 9.15 Å². The minimum atomic E-state index is -0.766. The molecular weight excluding hydrogens is 396 g/mol. The van der Waals surface area contributed by atoms with Gasteiger partial charge in [0.25, 0.3) is 17.7 Å². The van der Waals surface area contributed by atoms with E-state index in [2.05, 4.69) is 10.6 Å². The van der Waals surface area contributed by atoms with Crippen molar-refractivity contribution in [1.82, 2.24) is 5.32 Å². The largest absolute Gasteiger partial charge is 0.459 e. The predicted molar refractivity (Wildman–Crippen MR) is 105 cm³/mol. The molecule has 29 heavy (non-hydrogen) atoms. The molecule has 0 fully saturated rings. The van der Waals surface area contributed by atoms with E-state index in [1.165, 1.54) is 35.8 Å². The van der Waals surface area contributed by atoms with Crippen LogP contribution < -0.4 is 10.6 Å². The summed E-state index contributed by atoms with van der Waals surface area (Å²) in [6, 6.07) is 10.9. The highest BCUT2D eigenvalue weighted by Gasteiger charge is 2.16. The van der Waals surface area contributed by atoms with Gasteiger partial charge in [0.1, 0.15) is 0 Å². The van der Waals surface area contributed by atoms with Gasteiger partial charge in [-0.15, -0.1) is 11.3 Å². The van der Waals surface area contributed by atoms with E-state index >= 15 is 0 Å². The molecule has 0 saturated carbocycles. The van der Waals surface area contributed by atoms with E-state index in [1.807, 2.05) is 0 Å². The molecule has 8 nitrogen and oxygen atoms in total. The van der Waals surface area contributed by atoms with Gasteiger partial charge in [-0.2, -0.15) is 0 Å². The average molecular weight is 412 g/mol. The fourth-order valence-corrected chi connectivity index (χ4v) is 2.94. The second-order valence-electron chi connectivity index (χ2n) is 5.89. The van der Waals surface area contributed by atoms with Gasteiger partial charge in [0.2, 0.25) is 0 Å². The third-order valence-corrected chi connectivity index (χ3v) is 4.67. The lowest BCUT2D eigenvalue weighted by Crippen LogP contribution is -2.33. The topological polar surface area (TPSA) is 115 Å². The fraction of sp³-hybridized carbons (Fsp3) is 0.100. The summed E-state index contributed by atoms with van der Waals surface area (Å²) in [6.07, 6.45) is 1.38. The lowest BCUT2D eigenvalue weighted by molar-refractivity contribution is -0.123. The first-order valence-electron chi connectivity index (χ1n) is 8.44. The molecular formula is C20H16N2O6S. The van der Waals surface area contributed by atoms with Crippen molar-refractivity contribution in [3.05, 3.63) is 75.9 Å². The average Bonchev–Trinajstić information content (AvgIpc) is 3.41. The minimum absolute atomic E-state index is 0.129. The number of carbonyl (C=O) groups is 4. The van der Waals surface area contributed by atoms with E-state index in [-0.39, 0.29) is 11.3 Å². The van der Waals surface area contributed by atoms with Crippen LogP contribution >= 0.6 is 11.3 Å². The maximum atomic E-state index is 12.2. The molecule has 2 N–H and O–H groups in total. The molecule has 0 aliphatic carbocycles. The van der Waals surface area contributed by atoms with Crippen LogP contribution in [0.4, 0.5) is 5.69 Å². The summed E-state index contributed by atoms with van der Waals surface area (Å²) in [7, 11) is 0. The zero-order chi connectivity index (χ0) is 20.8. The molecule has 0 spiro atoms. The molecule has 148 valence electrons. The van der Waals surface area contributed by atoms with Gasteiger partial charge < -0.3 is 14.5 Å². The van der Waals surface area contributed by atoms with Gasteiger partial charge in [-0.1, -0.05) is 12.1 Å². The van der Waals surface area contributed by atoms with Crippen molar-refractivity contribution in [1.29, 1.82) is 0 Å². The normalized spacial score (nSPS) is 10.2. The number of imide groups is 1. The number of hydrogen-bond donors (Lipinski definition) is 2. The molecule has 0 saturated heterocycles. The molecule has 0 aliphatic heterocycles. The first-order chi connectivity index (χ1) is 13.9. The maximum absolute atomic E-state index is 12.2. The molecule has 2 heterocycles. The Kier molecular flexibility index (Phi) is 6.20. The van der Waals surface area contributed by atoms with E-state index < -0.39 is 30.3 Å². The Bertz CT molecular complexity index is 1040. The van der Waals surface area contributed by atoms with Gasteiger partial charge in [-0.25, -0.2) is 4.79 Å². The number of carbonyl (C=O) groups excluding carboxylic acids is 4. The van der Waals surface area contributed by atoms with Crippen molar-refractivity contribution in [2.24, 2.45) is 0 Å². The van der Waals surface area contributed by atoms with Crippen LogP contribution in [0.3, 0.4) is 0 Å². The number of amides is 3. The summed E-state index contributed by atoms with van der Waals surface area (Å²) < 4.78 is 9.98. The third kappa shape index (κ3) is 5.17. The standard InChI is InChI=1S/C20H16N2O6S/c1-12-6-7-13(10-14(12)21-18(24)15-4-2-8-27-15)20(26)28-11-17(23)22-19(25)16-5-3-9-29-16/h2-10H,11H2,1H3,(H,21,24)(H,22,23,25). The Morgan fingerprint density at radius 3 is 2.59 bits per heavy atom. The molecule has 2 aromatic heterocycles. The number of hydrogen-bond acceptors (Lipinski definition) is 7. The number of furan rings is 1. The van der Waals surface area contributed by atoms with Crippen LogP contribution in [0.5, 0.6) is 0 Å². The Hall–Kier alpha value is -3.72. The van der Waals surface area contributed by atoms with Crippen molar-refractivity contribution >= 4 is 40.7 Å². The van der Waals surface area contributed by atoms with Gasteiger partial charge in [0.15, 0.2) is 12.4 Å². The second kappa shape index (κ2) is 8.98. The monoisotopic (exact) mass is 412 g/mol. The van der Waals surface area contributed by atoms with E-state index in [1.54, 1.807) is 36.6 Å². The Balaban J connectivity index is 1.58. The second-order valence-corrected chi connectivity index (χ2v) is 6.84. The summed E-state index contributed by atoms with van der Waals surface area (Å²) in [4.78, 5) is 48.3. The summed E-state index contributed by atoms with van der Waals surface area (Å²) in [5.74, 6) is -2.40. The lowest BCUT2D eigenvalue weighted by atomic mass is 10.1. The van der Waals surface area contributed by atoms with Crippen LogP contribution in [0.1, 0.15) is 36.1 Å². The van der Waals surface area contributed by atoms with Crippen LogP contribution in [0, 0.1) is 6.92 Å². The van der Waals surface area contributed by atoms with Crippen LogP contribution in [-0.2, 0) is 9.53 Å². The van der Waals surface area contributed by atoms with Crippen molar-refractivity contribution < 1.29 is 28.3 Å². The predicted octanol–water partition coefficient (Wildman–Crippen LogP) is 3.02. The highest BCUT2D eigenvalue weighted by molar-refractivity contribution is 7.12. The molecule has 1 aromatic carbocycles. The zero-order valence-corrected chi connectivity index (χ0v) is 16.1. The molecule has 0 aliphatic rings. The Morgan fingerprint density at radius 1 is 1.07 bits per heavy atom. The first-order valence-corrected chi connectivity index (χ1v) is 9.32. The Morgan fingerprint density at radius 2 is 1.90 bits per heavy atom. The highest BCUT2D eigenvalue weighted by atomic mass is 32.1. The fourth-order valence-electron chi connectivity index (χ4n) is 2.32. The first kappa shape index (κ1) is 20.0. The SMILES string of the molecule is Cc1ccc(C(=O)OCC(=O)NC(=O)c2cccs2)cc1NC(=O)c1ccco1. The zero-order valence-electron chi connectivity index (χ0n) is 15.3. The molecule has 3 aromatic rings. The van der Waals surface area contributed by atoms with Crippen LogP contribution in [0.15, 0.2) is 58.5 Å². The smallest absolute Gasteiger partial charge is 0.338 e. The number of thiophene rings is 1. The number of ether oxygens (including phenoxy) is 1. The number of nitrogens with one attached hydrogen (secondary N) is 2. The maximum Gasteiger partial charge on any atom is 0.338 e. The van der Waals surface area contributed by atoms with Crippen molar-refractivity contribution in [3.63, 3.8) is 0 Å².